The number of Topliss-reactive ketones (excluding diaryl/α,β-unsaturated/α-hetero) is 1. The average molecular weight is 603 g/mol. The number of carbonyl (C=O) groups is 2. The van der Waals surface area contributed by atoms with Gasteiger partial charge >= 0.3 is 0 Å². The second-order valence-corrected chi connectivity index (χ2v) is 15.4. The third kappa shape index (κ3) is 5.77. The maximum atomic E-state index is 14.3. The first-order chi connectivity index (χ1) is 20.2. The quantitative estimate of drug-likeness (QED) is 0.408. The number of aryl methyl sites for hydroxylation is 2. The Morgan fingerprint density at radius 1 is 1.00 bits per heavy atom. The number of nitrogens with zero attached hydrogens (tertiary/aromatic N) is 3. The van der Waals surface area contributed by atoms with Gasteiger partial charge in [-0.25, -0.2) is 18.1 Å². The average Bonchev–Trinajstić information content (AvgIpc) is 2.88. The molecule has 2 aromatic carbocycles. The van der Waals surface area contributed by atoms with Crippen LogP contribution in [0.25, 0.3) is 11.3 Å². The van der Waals surface area contributed by atoms with Crippen molar-refractivity contribution < 1.29 is 22.7 Å². The second kappa shape index (κ2) is 10.4. The van der Waals surface area contributed by atoms with Crippen molar-refractivity contribution in [2.45, 2.75) is 83.7 Å². The second-order valence-electron chi connectivity index (χ2n) is 13.7. The highest BCUT2D eigenvalue weighted by molar-refractivity contribution is 7.92. The van der Waals surface area contributed by atoms with Crippen molar-refractivity contribution in [1.82, 2.24) is 14.9 Å². The van der Waals surface area contributed by atoms with Crippen LogP contribution in [0.1, 0.15) is 74.4 Å². The van der Waals surface area contributed by atoms with Gasteiger partial charge in [0.25, 0.3) is 15.9 Å². The molecule has 6 rings (SSSR count). The van der Waals surface area contributed by atoms with Gasteiger partial charge < -0.3 is 9.64 Å². The van der Waals surface area contributed by atoms with Gasteiger partial charge in [0, 0.05) is 36.1 Å². The summed E-state index contributed by atoms with van der Waals surface area (Å²) in [6, 6.07) is 13.4. The number of fused-ring (bicyclic) bond motifs is 4. The molecule has 2 fully saturated rings. The summed E-state index contributed by atoms with van der Waals surface area (Å²) in [5, 5.41) is 0. The lowest BCUT2D eigenvalue weighted by molar-refractivity contribution is -0.143. The van der Waals surface area contributed by atoms with Crippen LogP contribution in [0.15, 0.2) is 53.4 Å². The number of ether oxygens (including phenoxy) is 1. The van der Waals surface area contributed by atoms with Gasteiger partial charge in [-0.1, -0.05) is 45.0 Å². The molecule has 0 radical (unpaired) electrons. The summed E-state index contributed by atoms with van der Waals surface area (Å²) < 4.78 is 36.0. The van der Waals surface area contributed by atoms with E-state index in [9.17, 15) is 18.0 Å². The van der Waals surface area contributed by atoms with E-state index in [1.54, 1.807) is 18.2 Å². The topological polar surface area (TPSA) is 119 Å². The first-order valence-corrected chi connectivity index (χ1v) is 16.3. The minimum Gasteiger partial charge on any atom is -0.475 e. The van der Waals surface area contributed by atoms with Crippen LogP contribution in [0.3, 0.4) is 0 Å². The van der Waals surface area contributed by atoms with Crippen LogP contribution >= 0.6 is 0 Å². The number of nitrogens with one attached hydrogen (secondary N) is 1. The van der Waals surface area contributed by atoms with Gasteiger partial charge in [-0.2, -0.15) is 4.98 Å². The van der Waals surface area contributed by atoms with E-state index in [1.807, 2.05) is 36.9 Å². The lowest BCUT2D eigenvalue weighted by Crippen LogP contribution is -2.61. The van der Waals surface area contributed by atoms with Crippen molar-refractivity contribution in [3.63, 3.8) is 0 Å². The molecule has 1 amide bonds. The number of carbonyl (C=O) groups excluding carboxylic acids is 2. The molecular formula is C33H38N4O5S. The Morgan fingerprint density at radius 3 is 2.33 bits per heavy atom. The molecule has 0 saturated heterocycles. The zero-order valence-electron chi connectivity index (χ0n) is 25.3. The Labute approximate surface area is 253 Å². The first-order valence-electron chi connectivity index (χ1n) is 14.8. The number of anilines is 1. The van der Waals surface area contributed by atoms with E-state index in [0.29, 0.717) is 25.0 Å². The fourth-order valence-electron chi connectivity index (χ4n) is 6.98. The van der Waals surface area contributed by atoms with E-state index < -0.39 is 10.0 Å². The van der Waals surface area contributed by atoms with Crippen molar-refractivity contribution >= 4 is 27.7 Å². The van der Waals surface area contributed by atoms with Gasteiger partial charge in [0.2, 0.25) is 11.8 Å². The summed E-state index contributed by atoms with van der Waals surface area (Å²) in [6.07, 6.45) is 3.28. The summed E-state index contributed by atoms with van der Waals surface area (Å²) in [6.45, 7) is 10.5. The zero-order valence-corrected chi connectivity index (χ0v) is 26.1. The van der Waals surface area contributed by atoms with E-state index in [-0.39, 0.29) is 63.5 Å². The molecular weight excluding hydrogens is 564 g/mol. The zero-order chi connectivity index (χ0) is 30.7. The van der Waals surface area contributed by atoms with Gasteiger partial charge in [0.15, 0.2) is 0 Å². The minimum absolute atomic E-state index is 0.0205. The van der Waals surface area contributed by atoms with Crippen LogP contribution in [0.2, 0.25) is 0 Å². The Hall–Kier alpha value is -3.79. The normalized spacial score (nSPS) is 21.4. The number of hydrogen-bond acceptors (Lipinski definition) is 7. The number of hydrogen-bond donors (Lipinski definition) is 1. The fourth-order valence-corrected chi connectivity index (χ4v) is 7.97. The molecule has 2 saturated carbocycles. The molecule has 4 bridgehead atoms. The molecule has 2 heterocycles. The van der Waals surface area contributed by atoms with Crippen LogP contribution in [0.5, 0.6) is 5.88 Å². The van der Waals surface area contributed by atoms with Crippen LogP contribution in [0, 0.1) is 24.7 Å². The smallest absolute Gasteiger partial charge is 0.264 e. The lowest BCUT2D eigenvalue weighted by Gasteiger charge is -2.57. The van der Waals surface area contributed by atoms with Crippen LogP contribution in [-0.4, -0.2) is 53.7 Å². The molecule has 1 spiro atoms. The number of ketones is 1. The molecule has 226 valence electrons. The number of sulfonamides is 1. The molecule has 9 nitrogen and oxygen atoms in total. The summed E-state index contributed by atoms with van der Waals surface area (Å²) >= 11 is 0. The largest absolute Gasteiger partial charge is 0.475 e. The maximum absolute atomic E-state index is 14.3. The van der Waals surface area contributed by atoms with Crippen LogP contribution in [-0.2, 0) is 14.8 Å². The van der Waals surface area contributed by atoms with Crippen molar-refractivity contribution in [2.24, 2.45) is 10.8 Å². The highest BCUT2D eigenvalue weighted by Crippen LogP contribution is 2.56. The number of rotatable bonds is 3. The van der Waals surface area contributed by atoms with Crippen molar-refractivity contribution in [1.29, 1.82) is 0 Å². The Balaban J connectivity index is 1.47. The van der Waals surface area contributed by atoms with Gasteiger partial charge in [-0.3, -0.25) is 9.59 Å². The Kier molecular flexibility index (Phi) is 7.11. The van der Waals surface area contributed by atoms with Gasteiger partial charge in [0.1, 0.15) is 12.4 Å². The van der Waals surface area contributed by atoms with Gasteiger partial charge in [0.05, 0.1) is 16.6 Å². The maximum Gasteiger partial charge on any atom is 0.264 e. The highest BCUT2D eigenvalue weighted by Gasteiger charge is 2.56. The third-order valence-corrected chi connectivity index (χ3v) is 10.2. The molecule has 1 aromatic heterocycles. The lowest BCUT2D eigenvalue weighted by atomic mass is 9.53. The highest BCUT2D eigenvalue weighted by atomic mass is 32.2. The molecule has 1 N–H and O–H groups in total. The Bertz CT molecular complexity index is 1690. The molecule has 10 heteroatoms. The first kappa shape index (κ1) is 29.3. The monoisotopic (exact) mass is 602 g/mol. The summed E-state index contributed by atoms with van der Waals surface area (Å²) in [7, 11) is -4.13. The molecule has 43 heavy (non-hydrogen) atoms. The molecule has 1 aliphatic heterocycles. The third-order valence-electron chi connectivity index (χ3n) is 8.83. The molecule has 1 atom stereocenters. The predicted molar refractivity (Wildman–Crippen MR) is 163 cm³/mol. The summed E-state index contributed by atoms with van der Waals surface area (Å²) in [5.41, 5.74) is 3.52. The molecule has 3 aliphatic rings. The molecule has 2 aliphatic carbocycles. The van der Waals surface area contributed by atoms with Gasteiger partial charge in [-0.05, 0) is 73.3 Å². The predicted octanol–water partition coefficient (Wildman–Crippen LogP) is 5.71. The molecule has 3 aromatic rings. The Morgan fingerprint density at radius 2 is 1.67 bits per heavy atom. The van der Waals surface area contributed by atoms with Crippen molar-refractivity contribution in [3.8, 4) is 17.1 Å². The van der Waals surface area contributed by atoms with Gasteiger partial charge in [-0.15, -0.1) is 0 Å². The van der Waals surface area contributed by atoms with Crippen LogP contribution < -0.4 is 9.46 Å². The SMILES string of the molecule is Cc1cccc(C)c1-c1cc2nc(n1)NS(=O)(=O)c1cccc(c1)C(=O)N(C1CC3(CC(=O)C3)C1)[C@H](CC(C)(C)C)CO2. The van der Waals surface area contributed by atoms with E-state index in [0.717, 1.165) is 29.5 Å². The number of benzene rings is 2. The van der Waals surface area contributed by atoms with Crippen molar-refractivity contribution in [3.05, 3.63) is 65.2 Å². The van der Waals surface area contributed by atoms with E-state index in [2.05, 4.69) is 35.5 Å². The molecule has 0 unspecified atom stereocenters. The summed E-state index contributed by atoms with van der Waals surface area (Å²) in [5.74, 6) is 0.144. The fraction of sp³-hybridized carbons (Fsp3) is 0.455. The summed E-state index contributed by atoms with van der Waals surface area (Å²) in [4.78, 5) is 37.0. The number of amides is 1. The minimum atomic E-state index is -4.13. The van der Waals surface area contributed by atoms with E-state index in [1.165, 1.54) is 12.1 Å². The van der Waals surface area contributed by atoms with E-state index in [4.69, 9.17) is 4.74 Å². The van der Waals surface area contributed by atoms with E-state index >= 15 is 0 Å². The number of aromatic nitrogens is 2. The van der Waals surface area contributed by atoms with Crippen LogP contribution in [0.4, 0.5) is 5.95 Å². The standard InChI is InChI=1S/C33H38N4O5S/c1-20-8-6-9-21(2)29(20)27-13-28-35-31(34-27)36-43(40,41)26-11-7-10-22(12-26)30(39)37(24(19-42-28)14-32(3,4)5)23-15-33(16-23)17-25(38)18-33/h6-13,23-24H,14-19H2,1-5H3,(H,34,35,36)/t24-/m1/s1. The van der Waals surface area contributed by atoms with Crippen molar-refractivity contribution in [2.75, 3.05) is 11.3 Å².